The molecule has 2 rings (SSSR count). The molecule has 2 atom stereocenters. The zero-order chi connectivity index (χ0) is 17.1. The third kappa shape index (κ3) is 3.59. The molecule has 23 heavy (non-hydrogen) atoms. The fraction of sp³-hybridized carbons (Fsp3) is 0.368. The largest absolute Gasteiger partial charge is 0.355 e. The van der Waals surface area contributed by atoms with Crippen molar-refractivity contribution in [1.82, 2.24) is 4.98 Å². The third-order valence-electron chi connectivity index (χ3n) is 4.35. The molecular formula is C19H25N2O2+. The number of rotatable bonds is 6. The van der Waals surface area contributed by atoms with Crippen LogP contribution in [0.4, 0.5) is 0 Å². The van der Waals surface area contributed by atoms with E-state index in [9.17, 15) is 9.59 Å². The first-order valence-electron chi connectivity index (χ1n) is 7.97. The first-order valence-corrected chi connectivity index (χ1v) is 7.97. The molecule has 0 amide bonds. The van der Waals surface area contributed by atoms with Gasteiger partial charge in [0.05, 0.1) is 5.69 Å². The van der Waals surface area contributed by atoms with Crippen molar-refractivity contribution in [2.24, 2.45) is 0 Å². The number of ketones is 2. The van der Waals surface area contributed by atoms with Gasteiger partial charge in [0.2, 0.25) is 5.78 Å². The van der Waals surface area contributed by atoms with Gasteiger partial charge in [-0.1, -0.05) is 30.3 Å². The molecule has 0 fully saturated rings. The van der Waals surface area contributed by atoms with Crippen molar-refractivity contribution in [1.29, 1.82) is 0 Å². The predicted molar refractivity (Wildman–Crippen MR) is 90.8 cm³/mol. The van der Waals surface area contributed by atoms with Gasteiger partial charge in [0.15, 0.2) is 5.78 Å². The second kappa shape index (κ2) is 6.92. The number of aromatic amines is 1. The van der Waals surface area contributed by atoms with E-state index in [0.717, 1.165) is 11.3 Å². The summed E-state index contributed by atoms with van der Waals surface area (Å²) in [5.41, 5.74) is 3.90. The van der Waals surface area contributed by atoms with Crippen molar-refractivity contribution in [3.63, 3.8) is 0 Å². The number of Topliss-reactive ketones (excluding diaryl/α,β-unsaturated/α-hetero) is 2. The normalized spacial score (nSPS) is 13.6. The van der Waals surface area contributed by atoms with E-state index in [1.54, 1.807) is 0 Å². The van der Waals surface area contributed by atoms with Gasteiger partial charge in [-0.15, -0.1) is 0 Å². The highest BCUT2D eigenvalue weighted by Gasteiger charge is 2.27. The van der Waals surface area contributed by atoms with Gasteiger partial charge in [-0.25, -0.2) is 0 Å². The Labute approximate surface area is 137 Å². The second-order valence-electron chi connectivity index (χ2n) is 6.23. The summed E-state index contributed by atoms with van der Waals surface area (Å²) in [6, 6.07) is 10.1. The molecule has 0 aliphatic rings. The molecule has 0 saturated carbocycles. The quantitative estimate of drug-likeness (QED) is 0.805. The van der Waals surface area contributed by atoms with E-state index < -0.39 is 0 Å². The van der Waals surface area contributed by atoms with Gasteiger partial charge in [0, 0.05) is 16.8 Å². The number of quaternary nitrogens is 1. The highest BCUT2D eigenvalue weighted by atomic mass is 16.1. The summed E-state index contributed by atoms with van der Waals surface area (Å²) >= 11 is 0. The van der Waals surface area contributed by atoms with E-state index in [0.29, 0.717) is 11.3 Å². The summed E-state index contributed by atoms with van der Waals surface area (Å²) in [5, 5.41) is 2.06. The number of H-pyrrole nitrogens is 1. The van der Waals surface area contributed by atoms with Crippen LogP contribution >= 0.6 is 0 Å². The lowest BCUT2D eigenvalue weighted by atomic mass is 10.0. The molecule has 0 aliphatic heterocycles. The number of hydrogen-bond donors (Lipinski definition) is 2. The van der Waals surface area contributed by atoms with Crippen molar-refractivity contribution in [3.8, 4) is 0 Å². The van der Waals surface area contributed by atoms with Crippen molar-refractivity contribution in [3.05, 3.63) is 58.4 Å². The SMILES string of the molecule is CC(=O)c1c(C)[nH]c(C(=O)[C@H](C)[NH2+][C@@H](C)c2ccccc2)c1C. The molecule has 0 radical (unpaired) electrons. The van der Waals surface area contributed by atoms with Gasteiger partial charge < -0.3 is 10.3 Å². The lowest BCUT2D eigenvalue weighted by Gasteiger charge is -2.16. The van der Waals surface area contributed by atoms with E-state index in [-0.39, 0.29) is 23.7 Å². The number of carbonyl (C=O) groups excluding carboxylic acids is 2. The minimum atomic E-state index is -0.221. The number of nitrogens with one attached hydrogen (secondary N) is 1. The van der Waals surface area contributed by atoms with E-state index in [2.05, 4.69) is 29.4 Å². The van der Waals surface area contributed by atoms with Crippen molar-refractivity contribution >= 4 is 11.6 Å². The Bertz CT molecular complexity index is 716. The highest BCUT2D eigenvalue weighted by Crippen LogP contribution is 2.19. The van der Waals surface area contributed by atoms with Gasteiger partial charge in [-0.3, -0.25) is 9.59 Å². The molecule has 0 saturated heterocycles. The molecule has 4 heteroatoms. The highest BCUT2D eigenvalue weighted by molar-refractivity contribution is 6.04. The zero-order valence-corrected chi connectivity index (χ0v) is 14.4. The van der Waals surface area contributed by atoms with E-state index in [1.807, 2.05) is 39.0 Å². The minimum absolute atomic E-state index is 0.00964. The maximum atomic E-state index is 12.7. The zero-order valence-electron chi connectivity index (χ0n) is 14.4. The Morgan fingerprint density at radius 1 is 1.09 bits per heavy atom. The molecule has 1 aromatic heterocycles. The summed E-state index contributed by atoms with van der Waals surface area (Å²) in [7, 11) is 0. The van der Waals surface area contributed by atoms with Gasteiger partial charge in [-0.2, -0.15) is 0 Å². The van der Waals surface area contributed by atoms with Crippen LogP contribution in [-0.4, -0.2) is 22.6 Å². The maximum absolute atomic E-state index is 12.7. The maximum Gasteiger partial charge on any atom is 0.235 e. The lowest BCUT2D eigenvalue weighted by Crippen LogP contribution is -2.91. The van der Waals surface area contributed by atoms with Crippen LogP contribution < -0.4 is 5.32 Å². The fourth-order valence-electron chi connectivity index (χ4n) is 3.14. The number of aromatic nitrogens is 1. The lowest BCUT2D eigenvalue weighted by molar-refractivity contribution is -0.709. The molecule has 0 spiro atoms. The molecule has 122 valence electrons. The summed E-state index contributed by atoms with van der Waals surface area (Å²) in [6.07, 6.45) is 0. The first-order chi connectivity index (χ1) is 10.8. The second-order valence-corrected chi connectivity index (χ2v) is 6.23. The molecule has 1 aromatic carbocycles. The molecule has 2 aromatic rings. The number of aryl methyl sites for hydroxylation is 1. The molecule has 0 unspecified atom stereocenters. The number of carbonyl (C=O) groups is 2. The first kappa shape index (κ1) is 17.2. The number of hydrogen-bond acceptors (Lipinski definition) is 2. The third-order valence-corrected chi connectivity index (χ3v) is 4.35. The van der Waals surface area contributed by atoms with Gasteiger partial charge in [-0.05, 0) is 40.2 Å². The molecule has 1 heterocycles. The molecule has 0 bridgehead atoms. The summed E-state index contributed by atoms with van der Waals surface area (Å²) < 4.78 is 0. The van der Waals surface area contributed by atoms with Crippen LogP contribution in [0.2, 0.25) is 0 Å². The fourth-order valence-corrected chi connectivity index (χ4v) is 3.14. The van der Waals surface area contributed by atoms with E-state index >= 15 is 0 Å². The van der Waals surface area contributed by atoms with Crippen molar-refractivity contribution in [2.75, 3.05) is 0 Å². The Morgan fingerprint density at radius 3 is 2.22 bits per heavy atom. The minimum Gasteiger partial charge on any atom is -0.355 e. The monoisotopic (exact) mass is 313 g/mol. The summed E-state index contributed by atoms with van der Waals surface area (Å²) in [6.45, 7) is 9.20. The molecule has 4 nitrogen and oxygen atoms in total. The standard InChI is InChI=1S/C19H24N2O2/c1-11-17(15(5)22)13(3)21-18(11)19(23)14(4)20-12(2)16-9-7-6-8-10-16/h6-10,12,14,20-21H,1-5H3/p+1/t12-,14-/m0/s1. The van der Waals surface area contributed by atoms with Crippen LogP contribution in [0.25, 0.3) is 0 Å². The average molecular weight is 313 g/mol. The van der Waals surface area contributed by atoms with Crippen LogP contribution in [0.1, 0.15) is 64.5 Å². The van der Waals surface area contributed by atoms with Crippen LogP contribution in [-0.2, 0) is 0 Å². The Kier molecular flexibility index (Phi) is 5.16. The Morgan fingerprint density at radius 2 is 1.70 bits per heavy atom. The molecule has 3 N–H and O–H groups in total. The molecular weight excluding hydrogens is 288 g/mol. The molecule has 0 aliphatic carbocycles. The van der Waals surface area contributed by atoms with Gasteiger partial charge in [0.25, 0.3) is 0 Å². The summed E-state index contributed by atoms with van der Waals surface area (Å²) in [5.74, 6) is 0.0190. The van der Waals surface area contributed by atoms with Crippen molar-refractivity contribution < 1.29 is 14.9 Å². The predicted octanol–water partition coefficient (Wildman–Crippen LogP) is 2.73. The van der Waals surface area contributed by atoms with E-state index in [4.69, 9.17) is 0 Å². The Hall–Kier alpha value is -2.20. The van der Waals surface area contributed by atoms with Crippen LogP contribution in [0.15, 0.2) is 30.3 Å². The van der Waals surface area contributed by atoms with E-state index in [1.165, 1.54) is 12.5 Å². The smallest absolute Gasteiger partial charge is 0.235 e. The number of benzene rings is 1. The van der Waals surface area contributed by atoms with Crippen LogP contribution in [0.5, 0.6) is 0 Å². The topological polar surface area (TPSA) is 66.5 Å². The van der Waals surface area contributed by atoms with Crippen molar-refractivity contribution in [2.45, 2.75) is 46.7 Å². The van der Waals surface area contributed by atoms with Crippen LogP contribution in [0, 0.1) is 13.8 Å². The van der Waals surface area contributed by atoms with Gasteiger partial charge in [0.1, 0.15) is 12.1 Å². The van der Waals surface area contributed by atoms with Gasteiger partial charge >= 0.3 is 0 Å². The number of nitrogens with two attached hydrogens (primary N) is 1. The average Bonchev–Trinajstić information content (AvgIpc) is 2.82. The Balaban J connectivity index is 2.17. The summed E-state index contributed by atoms with van der Waals surface area (Å²) in [4.78, 5) is 27.6. The van der Waals surface area contributed by atoms with Crippen LogP contribution in [0.3, 0.4) is 0 Å².